The second-order valence-corrected chi connectivity index (χ2v) is 5.09. The van der Waals surface area contributed by atoms with E-state index in [2.05, 4.69) is 27.9 Å². The molecule has 0 spiro atoms. The number of anilines is 1. The van der Waals surface area contributed by atoms with Gasteiger partial charge in [-0.2, -0.15) is 0 Å². The van der Waals surface area contributed by atoms with Crippen LogP contribution in [0.1, 0.15) is 12.8 Å². The summed E-state index contributed by atoms with van der Waals surface area (Å²) < 4.78 is 1.06. The van der Waals surface area contributed by atoms with Crippen LogP contribution < -0.4 is 5.32 Å². The predicted octanol–water partition coefficient (Wildman–Crippen LogP) is 2.09. The van der Waals surface area contributed by atoms with Gasteiger partial charge < -0.3 is 10.4 Å². The van der Waals surface area contributed by atoms with Crippen molar-refractivity contribution in [2.75, 3.05) is 5.32 Å². The number of carboxylic acids is 1. The van der Waals surface area contributed by atoms with E-state index in [0.717, 1.165) is 3.57 Å². The first-order chi connectivity index (χ1) is 7.54. The van der Waals surface area contributed by atoms with E-state index in [0.29, 0.717) is 18.5 Å². The van der Waals surface area contributed by atoms with Gasteiger partial charge in [0.05, 0.1) is 0 Å². The molecule has 0 bridgehead atoms. The summed E-state index contributed by atoms with van der Waals surface area (Å²) in [5.74, 6) is -1.45. The molecule has 1 amide bonds. The Morgan fingerprint density at radius 1 is 1.25 bits per heavy atom. The molecule has 1 saturated carbocycles. The quantitative estimate of drug-likeness (QED) is 0.658. The molecule has 1 fully saturated rings. The van der Waals surface area contributed by atoms with Crippen LogP contribution in [0.5, 0.6) is 0 Å². The maximum Gasteiger partial charge on any atom is 0.319 e. The van der Waals surface area contributed by atoms with Gasteiger partial charge in [-0.25, -0.2) is 0 Å². The number of hydrogen-bond acceptors (Lipinski definition) is 2. The summed E-state index contributed by atoms with van der Waals surface area (Å²) in [7, 11) is 0. The van der Waals surface area contributed by atoms with Crippen molar-refractivity contribution in [2.45, 2.75) is 12.8 Å². The van der Waals surface area contributed by atoms with Crippen LogP contribution >= 0.6 is 22.6 Å². The maximum absolute atomic E-state index is 11.7. The first kappa shape index (κ1) is 11.4. The monoisotopic (exact) mass is 331 g/mol. The molecule has 0 aliphatic heterocycles. The van der Waals surface area contributed by atoms with Gasteiger partial charge in [-0.1, -0.05) is 0 Å². The van der Waals surface area contributed by atoms with Crippen molar-refractivity contribution >= 4 is 40.2 Å². The van der Waals surface area contributed by atoms with Gasteiger partial charge in [0.25, 0.3) is 0 Å². The van der Waals surface area contributed by atoms with Gasteiger partial charge in [0.15, 0.2) is 0 Å². The molecule has 2 N–H and O–H groups in total. The minimum atomic E-state index is -1.18. The highest BCUT2D eigenvalue weighted by molar-refractivity contribution is 14.1. The second kappa shape index (κ2) is 4.04. The molecule has 0 radical (unpaired) electrons. The highest BCUT2D eigenvalue weighted by atomic mass is 127. The van der Waals surface area contributed by atoms with Crippen molar-refractivity contribution in [3.05, 3.63) is 27.8 Å². The number of rotatable bonds is 3. The molecule has 1 aromatic carbocycles. The number of halogens is 1. The summed E-state index contributed by atoms with van der Waals surface area (Å²) in [4.78, 5) is 22.6. The molecule has 1 aliphatic carbocycles. The summed E-state index contributed by atoms with van der Waals surface area (Å²) in [5, 5.41) is 11.6. The van der Waals surface area contributed by atoms with Gasteiger partial charge >= 0.3 is 5.97 Å². The van der Waals surface area contributed by atoms with Crippen LogP contribution in [0.4, 0.5) is 5.69 Å². The van der Waals surface area contributed by atoms with Gasteiger partial charge in [0.2, 0.25) is 5.91 Å². The van der Waals surface area contributed by atoms with E-state index >= 15 is 0 Å². The zero-order valence-electron chi connectivity index (χ0n) is 8.37. The minimum Gasteiger partial charge on any atom is -0.480 e. The fraction of sp³-hybridized carbons (Fsp3) is 0.273. The van der Waals surface area contributed by atoms with E-state index in [9.17, 15) is 9.59 Å². The predicted molar refractivity (Wildman–Crippen MR) is 67.1 cm³/mol. The normalized spacial score (nSPS) is 16.6. The van der Waals surface area contributed by atoms with Crippen LogP contribution in [0.25, 0.3) is 0 Å². The molecule has 0 aromatic heterocycles. The molecule has 5 heteroatoms. The Hall–Kier alpha value is -1.11. The van der Waals surface area contributed by atoms with Crippen molar-refractivity contribution in [3.63, 3.8) is 0 Å². The van der Waals surface area contributed by atoms with Crippen LogP contribution in [0.15, 0.2) is 24.3 Å². The van der Waals surface area contributed by atoms with Gasteiger partial charge in [0.1, 0.15) is 5.41 Å². The van der Waals surface area contributed by atoms with Crippen molar-refractivity contribution in [2.24, 2.45) is 5.41 Å². The summed E-state index contributed by atoms with van der Waals surface area (Å²) in [6, 6.07) is 7.24. The molecule has 0 heterocycles. The molecule has 16 heavy (non-hydrogen) atoms. The van der Waals surface area contributed by atoms with Gasteiger partial charge in [-0.3, -0.25) is 9.59 Å². The average Bonchev–Trinajstić information content (AvgIpc) is 3.02. The minimum absolute atomic E-state index is 0.416. The van der Waals surface area contributed by atoms with Gasteiger partial charge in [-0.05, 0) is 59.7 Å². The van der Waals surface area contributed by atoms with Crippen molar-refractivity contribution in [3.8, 4) is 0 Å². The number of carboxylic acid groups (broad SMARTS) is 1. The Morgan fingerprint density at radius 2 is 1.81 bits per heavy atom. The smallest absolute Gasteiger partial charge is 0.319 e. The maximum atomic E-state index is 11.7. The van der Waals surface area contributed by atoms with Crippen LogP contribution in [-0.2, 0) is 9.59 Å². The summed E-state index contributed by atoms with van der Waals surface area (Å²) >= 11 is 2.16. The lowest BCUT2D eigenvalue weighted by molar-refractivity contribution is -0.147. The van der Waals surface area contributed by atoms with Crippen LogP contribution in [-0.4, -0.2) is 17.0 Å². The zero-order chi connectivity index (χ0) is 11.8. The molecule has 4 nitrogen and oxygen atoms in total. The lowest BCUT2D eigenvalue weighted by Crippen LogP contribution is -2.31. The van der Waals surface area contributed by atoms with Crippen LogP contribution in [0, 0.1) is 8.99 Å². The summed E-state index contributed by atoms with van der Waals surface area (Å²) in [6.45, 7) is 0. The second-order valence-electron chi connectivity index (χ2n) is 3.85. The van der Waals surface area contributed by atoms with E-state index in [1.165, 1.54) is 0 Å². The lowest BCUT2D eigenvalue weighted by atomic mass is 10.1. The van der Waals surface area contributed by atoms with E-state index in [4.69, 9.17) is 5.11 Å². The van der Waals surface area contributed by atoms with Crippen molar-refractivity contribution < 1.29 is 14.7 Å². The Bertz CT molecular complexity index is 437. The molecule has 2 rings (SSSR count). The standard InChI is InChI=1S/C11H10INO3/c12-7-1-3-8(4-2-7)13-9(14)11(5-6-11)10(15)16/h1-4H,5-6H2,(H,13,14)(H,15,16). The van der Waals surface area contributed by atoms with Crippen LogP contribution in [0.2, 0.25) is 0 Å². The molecule has 0 atom stereocenters. The lowest BCUT2D eigenvalue weighted by Gasteiger charge is -2.10. The van der Waals surface area contributed by atoms with Gasteiger partial charge in [0, 0.05) is 9.26 Å². The van der Waals surface area contributed by atoms with Crippen LogP contribution in [0.3, 0.4) is 0 Å². The number of hydrogen-bond donors (Lipinski definition) is 2. The molecule has 0 saturated heterocycles. The number of amides is 1. The highest BCUT2D eigenvalue weighted by Crippen LogP contribution is 2.46. The number of aliphatic carboxylic acids is 1. The Kier molecular flexibility index (Phi) is 2.88. The molecular formula is C11H10INO3. The Labute approximate surface area is 106 Å². The third kappa shape index (κ3) is 2.04. The third-order valence-corrected chi connectivity index (χ3v) is 3.42. The third-order valence-electron chi connectivity index (χ3n) is 2.70. The topological polar surface area (TPSA) is 66.4 Å². The van der Waals surface area contributed by atoms with Gasteiger partial charge in [-0.15, -0.1) is 0 Å². The molecule has 1 aliphatic rings. The SMILES string of the molecule is O=C(O)C1(C(=O)Nc2ccc(I)cc2)CC1. The Balaban J connectivity index is 2.08. The zero-order valence-corrected chi connectivity index (χ0v) is 10.5. The molecule has 1 aromatic rings. The van der Waals surface area contributed by atoms with E-state index in [-0.39, 0.29) is 0 Å². The average molecular weight is 331 g/mol. The van der Waals surface area contributed by atoms with Crippen molar-refractivity contribution in [1.29, 1.82) is 0 Å². The summed E-state index contributed by atoms with van der Waals surface area (Å²) in [5.41, 5.74) is -0.541. The van der Waals surface area contributed by atoms with E-state index in [1.54, 1.807) is 12.1 Å². The Morgan fingerprint density at radius 3 is 2.25 bits per heavy atom. The fourth-order valence-electron chi connectivity index (χ4n) is 1.45. The van der Waals surface area contributed by atoms with E-state index < -0.39 is 17.3 Å². The number of benzene rings is 1. The van der Waals surface area contributed by atoms with Crippen molar-refractivity contribution in [1.82, 2.24) is 0 Å². The first-order valence-corrected chi connectivity index (χ1v) is 5.93. The molecule has 84 valence electrons. The molecular weight excluding hydrogens is 321 g/mol. The first-order valence-electron chi connectivity index (χ1n) is 4.85. The summed E-state index contributed by atoms with van der Waals surface area (Å²) in [6.07, 6.45) is 0.858. The largest absolute Gasteiger partial charge is 0.480 e. The molecule has 0 unspecified atom stereocenters. The highest BCUT2D eigenvalue weighted by Gasteiger charge is 2.57. The number of nitrogens with one attached hydrogen (secondary N) is 1. The number of carbonyl (C=O) groups is 2. The van der Waals surface area contributed by atoms with E-state index in [1.807, 2.05) is 12.1 Å². The number of carbonyl (C=O) groups excluding carboxylic acids is 1. The fourth-order valence-corrected chi connectivity index (χ4v) is 1.81.